The smallest absolute Gasteiger partial charge is 0.234 e. The van der Waals surface area contributed by atoms with Crippen LogP contribution in [0.1, 0.15) is 18.9 Å². The Morgan fingerprint density at radius 1 is 1.38 bits per heavy atom. The van der Waals surface area contributed by atoms with Gasteiger partial charge in [0.2, 0.25) is 5.91 Å². The molecule has 0 aliphatic carbocycles. The number of rotatable bonds is 6. The summed E-state index contributed by atoms with van der Waals surface area (Å²) in [4.78, 5) is 13.2. The fourth-order valence-electron chi connectivity index (χ4n) is 1.84. The van der Waals surface area contributed by atoms with Crippen molar-refractivity contribution in [2.24, 2.45) is 5.73 Å². The maximum atomic E-state index is 11.2. The first-order chi connectivity index (χ1) is 7.65. The molecule has 0 saturated carbocycles. The normalized spacial score (nSPS) is 12.7. The SMILES string of the molecule is CCC(C(N)=O)N(C)CCc1ccccc1. The summed E-state index contributed by atoms with van der Waals surface area (Å²) in [6, 6.07) is 10.1. The van der Waals surface area contributed by atoms with E-state index in [4.69, 9.17) is 5.73 Å². The molecule has 2 N–H and O–H groups in total. The number of carbonyl (C=O) groups is 1. The first kappa shape index (κ1) is 12.7. The second kappa shape index (κ2) is 6.28. The predicted octanol–water partition coefficient (Wildman–Crippen LogP) is 1.42. The van der Waals surface area contributed by atoms with Crippen LogP contribution < -0.4 is 5.73 Å². The summed E-state index contributed by atoms with van der Waals surface area (Å²) in [5, 5.41) is 0. The summed E-state index contributed by atoms with van der Waals surface area (Å²) >= 11 is 0. The van der Waals surface area contributed by atoms with Gasteiger partial charge in [-0.3, -0.25) is 9.69 Å². The Morgan fingerprint density at radius 2 is 2.00 bits per heavy atom. The number of amides is 1. The van der Waals surface area contributed by atoms with E-state index in [1.807, 2.05) is 37.1 Å². The maximum absolute atomic E-state index is 11.2. The van der Waals surface area contributed by atoms with Crippen molar-refractivity contribution in [2.75, 3.05) is 13.6 Å². The highest BCUT2D eigenvalue weighted by molar-refractivity contribution is 5.79. The molecule has 1 rings (SSSR count). The minimum Gasteiger partial charge on any atom is -0.368 e. The van der Waals surface area contributed by atoms with Gasteiger partial charge in [0.1, 0.15) is 0 Å². The molecule has 1 atom stereocenters. The third-order valence-electron chi connectivity index (χ3n) is 2.84. The Balaban J connectivity index is 2.46. The summed E-state index contributed by atoms with van der Waals surface area (Å²) in [5.41, 5.74) is 6.62. The fourth-order valence-corrected chi connectivity index (χ4v) is 1.84. The average Bonchev–Trinajstić information content (AvgIpc) is 2.28. The molecule has 1 unspecified atom stereocenters. The molecule has 0 spiro atoms. The van der Waals surface area contributed by atoms with E-state index in [9.17, 15) is 4.79 Å². The van der Waals surface area contributed by atoms with Crippen LogP contribution in [-0.4, -0.2) is 30.4 Å². The molecule has 3 nitrogen and oxygen atoms in total. The van der Waals surface area contributed by atoms with Crippen LogP contribution in [0.4, 0.5) is 0 Å². The Hall–Kier alpha value is -1.35. The summed E-state index contributed by atoms with van der Waals surface area (Å²) in [6.07, 6.45) is 1.71. The number of carbonyl (C=O) groups excluding carboxylic acids is 1. The third-order valence-corrected chi connectivity index (χ3v) is 2.84. The van der Waals surface area contributed by atoms with Crippen molar-refractivity contribution in [2.45, 2.75) is 25.8 Å². The van der Waals surface area contributed by atoms with Crippen molar-refractivity contribution >= 4 is 5.91 Å². The Kier molecular flexibility index (Phi) is 4.99. The lowest BCUT2D eigenvalue weighted by Crippen LogP contribution is -2.42. The predicted molar refractivity (Wildman–Crippen MR) is 66.0 cm³/mol. The van der Waals surface area contributed by atoms with E-state index in [1.54, 1.807) is 0 Å². The number of hydrogen-bond acceptors (Lipinski definition) is 2. The minimum absolute atomic E-state index is 0.149. The molecule has 0 aliphatic rings. The standard InChI is InChI=1S/C13H20N2O/c1-3-12(13(14)16)15(2)10-9-11-7-5-4-6-8-11/h4-8,12H,3,9-10H2,1-2H3,(H2,14,16). The van der Waals surface area contributed by atoms with Crippen molar-refractivity contribution in [3.8, 4) is 0 Å². The van der Waals surface area contributed by atoms with E-state index in [2.05, 4.69) is 12.1 Å². The molecular formula is C13H20N2O. The van der Waals surface area contributed by atoms with Gasteiger partial charge in [0, 0.05) is 6.54 Å². The van der Waals surface area contributed by atoms with Crippen molar-refractivity contribution in [1.82, 2.24) is 4.90 Å². The summed E-state index contributed by atoms with van der Waals surface area (Å²) in [7, 11) is 1.95. The van der Waals surface area contributed by atoms with Gasteiger partial charge >= 0.3 is 0 Å². The molecular weight excluding hydrogens is 200 g/mol. The summed E-state index contributed by atoms with van der Waals surface area (Å²) < 4.78 is 0. The van der Waals surface area contributed by atoms with Gasteiger partial charge in [-0.25, -0.2) is 0 Å². The fraction of sp³-hybridized carbons (Fsp3) is 0.462. The van der Waals surface area contributed by atoms with Crippen LogP contribution in [0, 0.1) is 0 Å². The van der Waals surface area contributed by atoms with Crippen LogP contribution in [0.15, 0.2) is 30.3 Å². The zero-order chi connectivity index (χ0) is 12.0. The number of hydrogen-bond donors (Lipinski definition) is 1. The molecule has 0 radical (unpaired) electrons. The molecule has 0 fully saturated rings. The molecule has 1 aromatic carbocycles. The number of likely N-dealkylation sites (N-methyl/N-ethyl adjacent to an activating group) is 1. The third kappa shape index (κ3) is 3.66. The zero-order valence-corrected chi connectivity index (χ0v) is 10.0. The van der Waals surface area contributed by atoms with Crippen molar-refractivity contribution < 1.29 is 4.79 Å². The van der Waals surface area contributed by atoms with E-state index >= 15 is 0 Å². The summed E-state index contributed by atoms with van der Waals surface area (Å²) in [6.45, 7) is 2.83. The van der Waals surface area contributed by atoms with Crippen molar-refractivity contribution in [1.29, 1.82) is 0 Å². The van der Waals surface area contributed by atoms with Gasteiger partial charge < -0.3 is 5.73 Å². The van der Waals surface area contributed by atoms with Crippen LogP contribution in [0.3, 0.4) is 0 Å². The second-order valence-corrected chi connectivity index (χ2v) is 4.04. The lowest BCUT2D eigenvalue weighted by atomic mass is 10.1. The Morgan fingerprint density at radius 3 is 2.50 bits per heavy atom. The Labute approximate surface area is 97.2 Å². The first-order valence-corrected chi connectivity index (χ1v) is 5.68. The van der Waals surface area contributed by atoms with Gasteiger partial charge in [0.15, 0.2) is 0 Å². The molecule has 0 heterocycles. The minimum atomic E-state index is -0.238. The molecule has 0 aliphatic heterocycles. The highest BCUT2D eigenvalue weighted by atomic mass is 16.1. The quantitative estimate of drug-likeness (QED) is 0.788. The number of nitrogens with zero attached hydrogens (tertiary/aromatic N) is 1. The maximum Gasteiger partial charge on any atom is 0.234 e. The largest absolute Gasteiger partial charge is 0.368 e. The van der Waals surface area contributed by atoms with Gasteiger partial charge in [-0.15, -0.1) is 0 Å². The van der Waals surface area contributed by atoms with Gasteiger partial charge in [-0.05, 0) is 25.5 Å². The number of primary amides is 1. The van der Waals surface area contributed by atoms with Crippen molar-refractivity contribution in [3.05, 3.63) is 35.9 Å². The van der Waals surface area contributed by atoms with Crippen molar-refractivity contribution in [3.63, 3.8) is 0 Å². The topological polar surface area (TPSA) is 46.3 Å². The van der Waals surface area contributed by atoms with E-state index in [-0.39, 0.29) is 11.9 Å². The molecule has 1 aromatic rings. The zero-order valence-electron chi connectivity index (χ0n) is 10.0. The molecule has 88 valence electrons. The van der Waals surface area contributed by atoms with Crippen LogP contribution in [-0.2, 0) is 11.2 Å². The number of benzene rings is 1. The average molecular weight is 220 g/mol. The van der Waals surface area contributed by atoms with Crippen LogP contribution in [0.2, 0.25) is 0 Å². The van der Waals surface area contributed by atoms with Crippen LogP contribution in [0.25, 0.3) is 0 Å². The van der Waals surface area contributed by atoms with Crippen LogP contribution >= 0.6 is 0 Å². The lowest BCUT2D eigenvalue weighted by molar-refractivity contribution is -0.122. The van der Waals surface area contributed by atoms with Gasteiger partial charge in [0.05, 0.1) is 6.04 Å². The molecule has 1 amide bonds. The molecule has 0 bridgehead atoms. The highest BCUT2D eigenvalue weighted by Crippen LogP contribution is 2.05. The second-order valence-electron chi connectivity index (χ2n) is 4.04. The molecule has 0 saturated heterocycles. The van der Waals surface area contributed by atoms with Crippen LogP contribution in [0.5, 0.6) is 0 Å². The Bertz CT molecular complexity index is 324. The monoisotopic (exact) mass is 220 g/mol. The lowest BCUT2D eigenvalue weighted by Gasteiger charge is -2.24. The highest BCUT2D eigenvalue weighted by Gasteiger charge is 2.17. The van der Waals surface area contributed by atoms with E-state index < -0.39 is 0 Å². The van der Waals surface area contributed by atoms with Gasteiger partial charge in [-0.1, -0.05) is 37.3 Å². The van der Waals surface area contributed by atoms with E-state index in [0.717, 1.165) is 19.4 Å². The molecule has 3 heteroatoms. The molecule has 0 aromatic heterocycles. The molecule has 16 heavy (non-hydrogen) atoms. The van der Waals surface area contributed by atoms with E-state index in [1.165, 1.54) is 5.56 Å². The van der Waals surface area contributed by atoms with Gasteiger partial charge in [-0.2, -0.15) is 0 Å². The first-order valence-electron chi connectivity index (χ1n) is 5.68. The number of nitrogens with two attached hydrogens (primary N) is 1. The van der Waals surface area contributed by atoms with E-state index in [0.29, 0.717) is 0 Å². The van der Waals surface area contributed by atoms with Gasteiger partial charge in [0.25, 0.3) is 0 Å². The summed E-state index contributed by atoms with van der Waals surface area (Å²) in [5.74, 6) is -0.238.